The quantitative estimate of drug-likeness (QED) is 0.557. The van der Waals surface area contributed by atoms with E-state index in [4.69, 9.17) is 0 Å². The van der Waals surface area contributed by atoms with Gasteiger partial charge in [-0.3, -0.25) is 0 Å². The van der Waals surface area contributed by atoms with Crippen molar-refractivity contribution in [3.63, 3.8) is 0 Å². The molecule has 0 aliphatic heterocycles. The lowest BCUT2D eigenvalue weighted by atomic mass is 10.3. The van der Waals surface area contributed by atoms with Crippen molar-refractivity contribution in [3.8, 4) is 0 Å². The summed E-state index contributed by atoms with van der Waals surface area (Å²) in [5, 5.41) is 0. The van der Waals surface area contributed by atoms with Crippen LogP contribution in [0.3, 0.4) is 0 Å². The molecule has 0 aliphatic carbocycles. The molecule has 66 valence electrons. The average molecular weight is 166 g/mol. The Labute approximate surface area is 73.7 Å². The second kappa shape index (κ2) is 6.59. The Morgan fingerprint density at radius 3 is 1.92 bits per heavy atom. The van der Waals surface area contributed by atoms with Crippen LogP contribution in [0.1, 0.15) is 20.3 Å². The first-order valence-corrected chi connectivity index (χ1v) is 4.01. The molecule has 1 rings (SSSR count). The highest BCUT2D eigenvalue weighted by Gasteiger charge is 1.77. The van der Waals surface area contributed by atoms with Crippen LogP contribution in [0.2, 0.25) is 0 Å². The van der Waals surface area contributed by atoms with E-state index in [0.29, 0.717) is 0 Å². The Kier molecular flexibility index (Phi) is 5.98. The number of halogens is 1. The summed E-state index contributed by atoms with van der Waals surface area (Å²) >= 11 is 0. The number of hydrogen-bond acceptors (Lipinski definition) is 0. The predicted molar refractivity (Wildman–Crippen MR) is 51.5 cm³/mol. The summed E-state index contributed by atoms with van der Waals surface area (Å²) in [7, 11) is 0. The van der Waals surface area contributed by atoms with E-state index in [1.807, 2.05) is 6.92 Å². The Bertz CT molecular complexity index is 214. The van der Waals surface area contributed by atoms with Crippen molar-refractivity contribution in [1.29, 1.82) is 0 Å². The molecule has 0 fully saturated rings. The number of benzene rings is 1. The maximum absolute atomic E-state index is 11.9. The van der Waals surface area contributed by atoms with Gasteiger partial charge in [0.25, 0.3) is 0 Å². The molecule has 0 saturated heterocycles. The maximum Gasteiger partial charge on any atom is 0.123 e. The highest BCUT2D eigenvalue weighted by atomic mass is 19.1. The Morgan fingerprint density at radius 2 is 1.75 bits per heavy atom. The molecule has 0 bridgehead atoms. The van der Waals surface area contributed by atoms with E-state index < -0.39 is 0 Å². The second-order valence-corrected chi connectivity index (χ2v) is 2.61. The molecule has 12 heavy (non-hydrogen) atoms. The first kappa shape index (κ1) is 10.9. The van der Waals surface area contributed by atoms with Crippen molar-refractivity contribution in [2.24, 2.45) is 0 Å². The fourth-order valence-electron chi connectivity index (χ4n) is 0.415. The molecule has 0 spiro atoms. The lowest BCUT2D eigenvalue weighted by Gasteiger charge is -1.79. The summed E-state index contributed by atoms with van der Waals surface area (Å²) in [6.07, 6.45) is 1.11. The summed E-state index contributed by atoms with van der Waals surface area (Å²) in [6.45, 7) is 7.80. The minimum atomic E-state index is -0.178. The smallest absolute Gasteiger partial charge is 0.123 e. The molecule has 1 aromatic carbocycles. The summed E-state index contributed by atoms with van der Waals surface area (Å²) in [5.74, 6) is -0.178. The van der Waals surface area contributed by atoms with Gasteiger partial charge in [-0.05, 0) is 25.5 Å². The van der Waals surface area contributed by atoms with E-state index in [0.717, 1.165) is 6.42 Å². The topological polar surface area (TPSA) is 0 Å². The van der Waals surface area contributed by atoms with Crippen molar-refractivity contribution in [3.05, 3.63) is 48.3 Å². The fraction of sp³-hybridized carbons (Fsp3) is 0.273. The molecule has 0 radical (unpaired) electrons. The van der Waals surface area contributed by atoms with Gasteiger partial charge in [-0.15, -0.1) is 6.58 Å². The van der Waals surface area contributed by atoms with Crippen molar-refractivity contribution < 1.29 is 4.39 Å². The van der Waals surface area contributed by atoms with Gasteiger partial charge < -0.3 is 0 Å². The van der Waals surface area contributed by atoms with Gasteiger partial charge >= 0.3 is 0 Å². The summed E-state index contributed by atoms with van der Waals surface area (Å²) in [5.41, 5.74) is 1.25. The van der Waals surface area contributed by atoms with Gasteiger partial charge in [0, 0.05) is 0 Å². The lowest BCUT2D eigenvalue weighted by Crippen LogP contribution is -1.63. The van der Waals surface area contributed by atoms with Crippen LogP contribution >= 0.6 is 0 Å². The van der Waals surface area contributed by atoms with Crippen molar-refractivity contribution in [2.75, 3.05) is 0 Å². The SMILES string of the molecule is C=C(C)CC.Fc1ccccc1. The highest BCUT2D eigenvalue weighted by molar-refractivity contribution is 5.02. The molecule has 0 saturated carbocycles. The minimum Gasteiger partial charge on any atom is -0.207 e. The number of hydrogen-bond donors (Lipinski definition) is 0. The van der Waals surface area contributed by atoms with Gasteiger partial charge in [-0.1, -0.05) is 30.7 Å². The largest absolute Gasteiger partial charge is 0.207 e. The minimum absolute atomic E-state index is 0.178. The van der Waals surface area contributed by atoms with Crippen LogP contribution in [0.25, 0.3) is 0 Å². The highest BCUT2D eigenvalue weighted by Crippen LogP contribution is 1.91. The molecule has 0 atom stereocenters. The van der Waals surface area contributed by atoms with Gasteiger partial charge in [0.05, 0.1) is 0 Å². The van der Waals surface area contributed by atoms with E-state index in [1.165, 1.54) is 17.7 Å². The molecule has 0 heterocycles. The Morgan fingerprint density at radius 1 is 1.33 bits per heavy atom. The molecular weight excluding hydrogens is 151 g/mol. The second-order valence-electron chi connectivity index (χ2n) is 2.61. The molecule has 0 aliphatic rings. The van der Waals surface area contributed by atoms with Crippen LogP contribution in [0.4, 0.5) is 4.39 Å². The van der Waals surface area contributed by atoms with Crippen LogP contribution in [0.5, 0.6) is 0 Å². The summed E-state index contributed by atoms with van der Waals surface area (Å²) < 4.78 is 11.9. The normalized spacial score (nSPS) is 8.25. The molecular formula is C11H15F. The third kappa shape index (κ3) is 7.00. The van der Waals surface area contributed by atoms with Crippen molar-refractivity contribution in [2.45, 2.75) is 20.3 Å². The first-order valence-electron chi connectivity index (χ1n) is 4.01. The van der Waals surface area contributed by atoms with Crippen LogP contribution in [0.15, 0.2) is 42.5 Å². The van der Waals surface area contributed by atoms with Gasteiger partial charge in [0.15, 0.2) is 0 Å². The van der Waals surface area contributed by atoms with E-state index in [9.17, 15) is 4.39 Å². The molecule has 1 heteroatoms. The first-order chi connectivity index (χ1) is 5.66. The van der Waals surface area contributed by atoms with Crippen molar-refractivity contribution in [1.82, 2.24) is 0 Å². The zero-order valence-electron chi connectivity index (χ0n) is 7.68. The van der Waals surface area contributed by atoms with Gasteiger partial charge in [0.1, 0.15) is 5.82 Å². The number of allylic oxidation sites excluding steroid dienone is 1. The van der Waals surface area contributed by atoms with Gasteiger partial charge in [-0.2, -0.15) is 0 Å². The van der Waals surface area contributed by atoms with Crippen LogP contribution in [-0.2, 0) is 0 Å². The van der Waals surface area contributed by atoms with E-state index >= 15 is 0 Å². The standard InChI is InChI=1S/C6H5F.C5H10/c7-6-4-2-1-3-5-6;1-4-5(2)3/h1-5H;2,4H2,1,3H3. The zero-order chi connectivity index (χ0) is 9.40. The van der Waals surface area contributed by atoms with Crippen LogP contribution in [0, 0.1) is 5.82 Å². The van der Waals surface area contributed by atoms with Crippen LogP contribution < -0.4 is 0 Å². The molecule has 0 N–H and O–H groups in total. The molecule has 0 unspecified atom stereocenters. The molecule has 0 amide bonds. The van der Waals surface area contributed by atoms with Gasteiger partial charge in [-0.25, -0.2) is 4.39 Å². The van der Waals surface area contributed by atoms with E-state index in [2.05, 4.69) is 13.5 Å². The maximum atomic E-state index is 11.9. The number of rotatable bonds is 1. The van der Waals surface area contributed by atoms with E-state index in [-0.39, 0.29) is 5.82 Å². The average Bonchev–Trinajstić information content (AvgIpc) is 2.07. The third-order valence-electron chi connectivity index (χ3n) is 1.34. The zero-order valence-corrected chi connectivity index (χ0v) is 7.68. The predicted octanol–water partition coefficient (Wildman–Crippen LogP) is 3.80. The Hall–Kier alpha value is -1.11. The van der Waals surface area contributed by atoms with Gasteiger partial charge in [0.2, 0.25) is 0 Å². The molecule has 1 aromatic rings. The lowest BCUT2D eigenvalue weighted by molar-refractivity contribution is 0.628. The summed E-state index contributed by atoms with van der Waals surface area (Å²) in [6, 6.07) is 7.94. The molecule has 0 aromatic heterocycles. The van der Waals surface area contributed by atoms with E-state index in [1.54, 1.807) is 18.2 Å². The monoisotopic (exact) mass is 166 g/mol. The third-order valence-corrected chi connectivity index (χ3v) is 1.34. The fourth-order valence-corrected chi connectivity index (χ4v) is 0.415. The van der Waals surface area contributed by atoms with Crippen LogP contribution in [-0.4, -0.2) is 0 Å². The Balaban J connectivity index is 0.000000217. The van der Waals surface area contributed by atoms with Crippen molar-refractivity contribution >= 4 is 0 Å². The summed E-state index contributed by atoms with van der Waals surface area (Å²) in [4.78, 5) is 0. The molecule has 0 nitrogen and oxygen atoms in total.